The number of anilines is 2. The van der Waals surface area contributed by atoms with Crippen LogP contribution in [-0.4, -0.2) is 33.6 Å². The number of aromatic nitrogens is 1. The number of carboxylic acids is 1. The zero-order valence-electron chi connectivity index (χ0n) is 17.5. The Balaban J connectivity index is 1.36. The third-order valence-electron chi connectivity index (χ3n) is 5.51. The molecule has 2 aromatic carbocycles. The molecule has 1 saturated carbocycles. The van der Waals surface area contributed by atoms with E-state index in [2.05, 4.69) is 15.6 Å². The highest BCUT2D eigenvalue weighted by molar-refractivity contribution is 8.01. The van der Waals surface area contributed by atoms with E-state index in [4.69, 9.17) is 11.6 Å². The van der Waals surface area contributed by atoms with Crippen molar-refractivity contribution >= 4 is 74.1 Å². The van der Waals surface area contributed by atoms with E-state index < -0.39 is 17.8 Å². The smallest absolute Gasteiger partial charge is 0.307 e. The lowest BCUT2D eigenvalue weighted by Gasteiger charge is -2.27. The number of amides is 2. The predicted octanol–water partition coefficient (Wildman–Crippen LogP) is 5.51. The van der Waals surface area contributed by atoms with Crippen LogP contribution in [0.5, 0.6) is 0 Å². The number of nitrogens with zero attached hydrogens (tertiary/aromatic N) is 1. The van der Waals surface area contributed by atoms with Gasteiger partial charge in [-0.2, -0.15) is 0 Å². The fourth-order valence-corrected chi connectivity index (χ4v) is 5.91. The van der Waals surface area contributed by atoms with Crippen LogP contribution >= 0.6 is 34.7 Å². The van der Waals surface area contributed by atoms with Gasteiger partial charge in [-0.3, -0.25) is 14.4 Å². The molecule has 0 unspecified atom stereocenters. The normalized spacial score (nSPS) is 18.1. The van der Waals surface area contributed by atoms with Crippen LogP contribution in [0.2, 0.25) is 5.02 Å². The quantitative estimate of drug-likeness (QED) is 0.367. The Bertz CT molecular complexity index is 1180. The number of halogens is 1. The van der Waals surface area contributed by atoms with Crippen molar-refractivity contribution in [1.29, 1.82) is 0 Å². The molecule has 1 fully saturated rings. The maximum absolute atomic E-state index is 12.7. The van der Waals surface area contributed by atoms with Crippen molar-refractivity contribution in [3.05, 3.63) is 47.5 Å². The van der Waals surface area contributed by atoms with E-state index in [-0.39, 0.29) is 17.6 Å². The molecule has 3 aromatic rings. The number of aliphatic carboxylic acids is 1. The fourth-order valence-electron chi connectivity index (χ4n) is 3.88. The number of carbonyl (C=O) groups is 3. The number of fused-ring (bicyclic) bond motifs is 1. The summed E-state index contributed by atoms with van der Waals surface area (Å²) in [6, 6.07) is 12.3. The van der Waals surface area contributed by atoms with Crippen LogP contribution in [0.4, 0.5) is 11.4 Å². The van der Waals surface area contributed by atoms with Gasteiger partial charge in [-0.05, 0) is 55.3 Å². The molecule has 3 N–H and O–H groups in total. The Hall–Kier alpha value is -2.62. The SMILES string of the molecule is O=C(CSc1nc2ccc(NC(=O)[C@@H]3CCCC[C@H]3C(=O)O)cc2s1)Nc1ccc(Cl)cc1. The zero-order valence-corrected chi connectivity index (χ0v) is 19.9. The number of carbonyl (C=O) groups excluding carboxylic acids is 2. The molecule has 7 nitrogen and oxygen atoms in total. The minimum atomic E-state index is -0.908. The first-order valence-corrected chi connectivity index (χ1v) is 12.7. The summed E-state index contributed by atoms with van der Waals surface area (Å²) in [4.78, 5) is 41.0. The van der Waals surface area contributed by atoms with Crippen LogP contribution in [0, 0.1) is 11.8 Å². The van der Waals surface area contributed by atoms with Crippen molar-refractivity contribution in [2.24, 2.45) is 11.8 Å². The summed E-state index contributed by atoms with van der Waals surface area (Å²) in [6.45, 7) is 0. The van der Waals surface area contributed by atoms with E-state index in [1.165, 1.54) is 23.1 Å². The van der Waals surface area contributed by atoms with Crippen molar-refractivity contribution < 1.29 is 19.5 Å². The monoisotopic (exact) mass is 503 g/mol. The van der Waals surface area contributed by atoms with Gasteiger partial charge in [0.2, 0.25) is 11.8 Å². The van der Waals surface area contributed by atoms with E-state index in [9.17, 15) is 19.5 Å². The number of nitrogens with one attached hydrogen (secondary N) is 2. The predicted molar refractivity (Wildman–Crippen MR) is 132 cm³/mol. The minimum Gasteiger partial charge on any atom is -0.481 e. The summed E-state index contributed by atoms with van der Waals surface area (Å²) in [7, 11) is 0. The largest absolute Gasteiger partial charge is 0.481 e. The van der Waals surface area contributed by atoms with Gasteiger partial charge in [-0.15, -0.1) is 11.3 Å². The summed E-state index contributed by atoms with van der Waals surface area (Å²) in [5.41, 5.74) is 2.07. The van der Waals surface area contributed by atoms with Gasteiger partial charge in [0.15, 0.2) is 4.34 Å². The van der Waals surface area contributed by atoms with Gasteiger partial charge in [0.05, 0.1) is 27.8 Å². The summed E-state index contributed by atoms with van der Waals surface area (Å²) in [5.74, 6) is -2.24. The van der Waals surface area contributed by atoms with Gasteiger partial charge in [-0.25, -0.2) is 4.98 Å². The molecule has 1 aliphatic carbocycles. The molecule has 2 atom stereocenters. The first kappa shape index (κ1) is 23.5. The molecule has 10 heteroatoms. The molecule has 1 aromatic heterocycles. The number of hydrogen-bond acceptors (Lipinski definition) is 6. The third-order valence-corrected chi connectivity index (χ3v) is 7.92. The second-order valence-electron chi connectivity index (χ2n) is 7.83. The molecule has 0 radical (unpaired) electrons. The molecular weight excluding hydrogens is 482 g/mol. The Morgan fingerprint density at radius 3 is 2.45 bits per heavy atom. The van der Waals surface area contributed by atoms with E-state index in [1.54, 1.807) is 30.3 Å². The van der Waals surface area contributed by atoms with Crippen LogP contribution in [0.25, 0.3) is 10.2 Å². The van der Waals surface area contributed by atoms with E-state index in [0.29, 0.717) is 29.2 Å². The third kappa shape index (κ3) is 6.04. The molecular formula is C23H22ClN3O4S2. The number of benzene rings is 2. The van der Waals surface area contributed by atoms with Gasteiger partial charge in [-0.1, -0.05) is 36.2 Å². The van der Waals surface area contributed by atoms with Crippen molar-refractivity contribution in [3.63, 3.8) is 0 Å². The van der Waals surface area contributed by atoms with Gasteiger partial charge in [0, 0.05) is 16.4 Å². The Morgan fingerprint density at radius 2 is 1.73 bits per heavy atom. The van der Waals surface area contributed by atoms with Crippen molar-refractivity contribution in [1.82, 2.24) is 4.98 Å². The number of thioether (sulfide) groups is 1. The number of carboxylic acid groups (broad SMARTS) is 1. The average Bonchev–Trinajstić information content (AvgIpc) is 3.21. The molecule has 33 heavy (non-hydrogen) atoms. The maximum Gasteiger partial charge on any atom is 0.307 e. The first-order chi connectivity index (χ1) is 15.9. The molecule has 0 aliphatic heterocycles. The van der Waals surface area contributed by atoms with Gasteiger partial charge >= 0.3 is 5.97 Å². The van der Waals surface area contributed by atoms with Crippen LogP contribution in [0.3, 0.4) is 0 Å². The van der Waals surface area contributed by atoms with E-state index in [1.807, 2.05) is 12.1 Å². The Labute approximate surface area is 203 Å². The highest BCUT2D eigenvalue weighted by atomic mass is 35.5. The number of rotatable bonds is 7. The molecule has 4 rings (SSSR count). The summed E-state index contributed by atoms with van der Waals surface area (Å²) >= 11 is 8.63. The zero-order chi connectivity index (χ0) is 23.4. The topological polar surface area (TPSA) is 108 Å². The Kier molecular flexibility index (Phi) is 7.52. The van der Waals surface area contributed by atoms with Crippen LogP contribution in [-0.2, 0) is 14.4 Å². The summed E-state index contributed by atoms with van der Waals surface area (Å²) in [5, 5.41) is 15.7. The van der Waals surface area contributed by atoms with E-state index >= 15 is 0 Å². The van der Waals surface area contributed by atoms with Gasteiger partial charge in [0.1, 0.15) is 0 Å². The molecule has 2 amide bonds. The summed E-state index contributed by atoms with van der Waals surface area (Å²) < 4.78 is 1.63. The van der Waals surface area contributed by atoms with Crippen molar-refractivity contribution in [3.8, 4) is 0 Å². The highest BCUT2D eigenvalue weighted by Gasteiger charge is 2.35. The lowest BCUT2D eigenvalue weighted by atomic mass is 9.78. The molecule has 172 valence electrons. The van der Waals surface area contributed by atoms with Crippen LogP contribution in [0.15, 0.2) is 46.8 Å². The molecule has 0 saturated heterocycles. The first-order valence-electron chi connectivity index (χ1n) is 10.5. The van der Waals surface area contributed by atoms with Crippen LogP contribution < -0.4 is 10.6 Å². The van der Waals surface area contributed by atoms with Crippen molar-refractivity contribution in [2.45, 2.75) is 30.0 Å². The molecule has 1 aliphatic rings. The fraction of sp³-hybridized carbons (Fsp3) is 0.304. The molecule has 1 heterocycles. The van der Waals surface area contributed by atoms with Gasteiger partial charge < -0.3 is 15.7 Å². The highest BCUT2D eigenvalue weighted by Crippen LogP contribution is 2.33. The van der Waals surface area contributed by atoms with Crippen LogP contribution in [0.1, 0.15) is 25.7 Å². The van der Waals surface area contributed by atoms with E-state index in [0.717, 1.165) is 27.4 Å². The maximum atomic E-state index is 12.7. The Morgan fingerprint density at radius 1 is 1.03 bits per heavy atom. The summed E-state index contributed by atoms with van der Waals surface area (Å²) in [6.07, 6.45) is 2.83. The minimum absolute atomic E-state index is 0.144. The molecule has 0 bridgehead atoms. The van der Waals surface area contributed by atoms with Crippen molar-refractivity contribution in [2.75, 3.05) is 16.4 Å². The second-order valence-corrected chi connectivity index (χ2v) is 10.5. The lowest BCUT2D eigenvalue weighted by Crippen LogP contribution is -2.36. The van der Waals surface area contributed by atoms with Gasteiger partial charge in [0.25, 0.3) is 0 Å². The molecule has 0 spiro atoms. The number of hydrogen-bond donors (Lipinski definition) is 3. The number of thiazole rings is 1. The second kappa shape index (κ2) is 10.5. The standard InChI is InChI=1S/C23H22ClN3O4S2/c24-13-5-7-14(8-6-13)25-20(28)12-32-23-27-18-10-9-15(11-19(18)33-23)26-21(29)16-3-1-2-4-17(16)22(30)31/h5-11,16-17H,1-4,12H2,(H,25,28)(H,26,29)(H,30,31)/t16-,17-/m1/s1. The lowest BCUT2D eigenvalue weighted by molar-refractivity contribution is -0.147. The average molecular weight is 504 g/mol.